The van der Waals surface area contributed by atoms with Gasteiger partial charge in [0.15, 0.2) is 6.61 Å². The van der Waals surface area contributed by atoms with Crippen molar-refractivity contribution in [1.82, 2.24) is 15.1 Å². The summed E-state index contributed by atoms with van der Waals surface area (Å²) in [5.74, 6) is 1.57. The second-order valence-corrected chi connectivity index (χ2v) is 6.92. The van der Waals surface area contributed by atoms with Gasteiger partial charge in [-0.05, 0) is 37.1 Å². The van der Waals surface area contributed by atoms with Crippen LogP contribution in [0.5, 0.6) is 5.75 Å². The van der Waals surface area contributed by atoms with Crippen LogP contribution in [0.3, 0.4) is 0 Å². The average molecular weight is 398 g/mol. The van der Waals surface area contributed by atoms with E-state index in [0.29, 0.717) is 16.9 Å². The van der Waals surface area contributed by atoms with E-state index in [1.165, 1.54) is 11.8 Å². The fraction of sp³-hybridized carbons (Fsp3) is 0.400. The van der Waals surface area contributed by atoms with E-state index >= 15 is 0 Å². The van der Waals surface area contributed by atoms with Gasteiger partial charge < -0.3 is 14.1 Å². The lowest BCUT2D eigenvalue weighted by atomic mass is 10.3. The number of rotatable bonds is 6. The van der Waals surface area contributed by atoms with Crippen LogP contribution in [0.15, 0.2) is 38.4 Å². The zero-order valence-corrected chi connectivity index (χ0v) is 14.8. The van der Waals surface area contributed by atoms with Gasteiger partial charge in [-0.15, -0.1) is 10.2 Å². The Labute approximate surface area is 146 Å². The van der Waals surface area contributed by atoms with Crippen molar-refractivity contribution < 1.29 is 13.9 Å². The SMILES string of the molecule is O=C(CSc1nnc(COc2ccc(Br)cc2)o1)N1CCCC1. The van der Waals surface area contributed by atoms with E-state index < -0.39 is 0 Å². The topological polar surface area (TPSA) is 68.5 Å². The number of carbonyl (C=O) groups is 1. The molecule has 1 aliphatic rings. The summed E-state index contributed by atoms with van der Waals surface area (Å²) in [4.78, 5) is 13.8. The molecule has 0 aliphatic carbocycles. The lowest BCUT2D eigenvalue weighted by Crippen LogP contribution is -2.29. The molecule has 2 heterocycles. The van der Waals surface area contributed by atoms with Gasteiger partial charge in [0, 0.05) is 17.6 Å². The van der Waals surface area contributed by atoms with Crippen LogP contribution < -0.4 is 4.74 Å². The molecule has 2 aromatic rings. The first kappa shape index (κ1) is 16.3. The number of amides is 1. The highest BCUT2D eigenvalue weighted by molar-refractivity contribution is 9.10. The summed E-state index contributed by atoms with van der Waals surface area (Å²) >= 11 is 4.63. The van der Waals surface area contributed by atoms with E-state index in [1.54, 1.807) is 0 Å². The van der Waals surface area contributed by atoms with Crippen LogP contribution in [0.4, 0.5) is 0 Å². The standard InChI is InChI=1S/C15H16BrN3O3S/c16-11-3-5-12(6-4-11)21-9-13-17-18-15(22-13)23-10-14(20)19-7-1-2-8-19/h3-6H,1-2,7-10H2. The summed E-state index contributed by atoms with van der Waals surface area (Å²) in [6, 6.07) is 7.50. The van der Waals surface area contributed by atoms with Crippen molar-refractivity contribution in [3.05, 3.63) is 34.6 Å². The lowest BCUT2D eigenvalue weighted by Gasteiger charge is -2.13. The molecule has 1 aromatic heterocycles. The van der Waals surface area contributed by atoms with Crippen LogP contribution in [0.1, 0.15) is 18.7 Å². The van der Waals surface area contributed by atoms with Crippen molar-refractivity contribution in [2.75, 3.05) is 18.8 Å². The maximum absolute atomic E-state index is 12.0. The highest BCUT2D eigenvalue weighted by Gasteiger charge is 2.19. The lowest BCUT2D eigenvalue weighted by molar-refractivity contribution is -0.127. The molecule has 0 bridgehead atoms. The quantitative estimate of drug-likeness (QED) is 0.697. The number of hydrogen-bond acceptors (Lipinski definition) is 6. The maximum Gasteiger partial charge on any atom is 0.277 e. The Hall–Kier alpha value is -1.54. The van der Waals surface area contributed by atoms with Crippen molar-refractivity contribution in [2.45, 2.75) is 24.7 Å². The molecule has 1 aromatic carbocycles. The Balaban J connectivity index is 1.46. The van der Waals surface area contributed by atoms with E-state index in [9.17, 15) is 4.79 Å². The molecule has 1 aliphatic heterocycles. The van der Waals surface area contributed by atoms with Gasteiger partial charge in [0.2, 0.25) is 5.91 Å². The minimum absolute atomic E-state index is 0.123. The third-order valence-corrected chi connectivity index (χ3v) is 4.73. The summed E-state index contributed by atoms with van der Waals surface area (Å²) < 4.78 is 12.0. The second kappa shape index (κ2) is 7.83. The van der Waals surface area contributed by atoms with Crippen LogP contribution in [0.2, 0.25) is 0 Å². The summed E-state index contributed by atoms with van der Waals surface area (Å²) in [5.41, 5.74) is 0. The fourth-order valence-electron chi connectivity index (χ4n) is 2.21. The molecule has 1 saturated heterocycles. The number of nitrogens with zero attached hydrogens (tertiary/aromatic N) is 3. The van der Waals surface area contributed by atoms with E-state index in [0.717, 1.165) is 36.2 Å². The third-order valence-electron chi connectivity index (χ3n) is 3.40. The number of ether oxygens (including phenoxy) is 1. The number of likely N-dealkylation sites (tertiary alicyclic amines) is 1. The van der Waals surface area contributed by atoms with Gasteiger partial charge >= 0.3 is 0 Å². The summed E-state index contributed by atoms with van der Waals surface area (Å²) in [5, 5.41) is 8.25. The van der Waals surface area contributed by atoms with Crippen LogP contribution in [0, 0.1) is 0 Å². The molecular weight excluding hydrogens is 382 g/mol. The predicted octanol–water partition coefficient (Wildman–Crippen LogP) is 3.13. The number of carbonyl (C=O) groups excluding carboxylic acids is 1. The molecule has 1 fully saturated rings. The minimum atomic E-state index is 0.123. The van der Waals surface area contributed by atoms with Gasteiger partial charge in [-0.3, -0.25) is 4.79 Å². The van der Waals surface area contributed by atoms with E-state index in [2.05, 4.69) is 26.1 Å². The largest absolute Gasteiger partial charge is 0.484 e. The maximum atomic E-state index is 12.0. The van der Waals surface area contributed by atoms with Crippen molar-refractivity contribution in [3.8, 4) is 5.75 Å². The highest BCUT2D eigenvalue weighted by Crippen LogP contribution is 2.20. The molecule has 122 valence electrons. The summed E-state index contributed by atoms with van der Waals surface area (Å²) in [6.07, 6.45) is 2.18. The Kier molecular flexibility index (Phi) is 5.56. The molecule has 0 spiro atoms. The molecule has 0 atom stereocenters. The van der Waals surface area contributed by atoms with Crippen LogP contribution in [-0.4, -0.2) is 39.8 Å². The van der Waals surface area contributed by atoms with Gasteiger partial charge in [-0.2, -0.15) is 0 Å². The van der Waals surface area contributed by atoms with Gasteiger partial charge in [-0.25, -0.2) is 0 Å². The van der Waals surface area contributed by atoms with E-state index in [1.807, 2.05) is 29.2 Å². The molecule has 0 saturated carbocycles. The molecule has 6 nitrogen and oxygen atoms in total. The van der Waals surface area contributed by atoms with E-state index in [-0.39, 0.29) is 12.5 Å². The molecule has 3 rings (SSSR count). The third kappa shape index (κ3) is 4.71. The zero-order valence-electron chi connectivity index (χ0n) is 12.4. The van der Waals surface area contributed by atoms with Crippen LogP contribution >= 0.6 is 27.7 Å². The van der Waals surface area contributed by atoms with Crippen molar-refractivity contribution in [1.29, 1.82) is 0 Å². The number of thioether (sulfide) groups is 1. The van der Waals surface area contributed by atoms with Crippen LogP contribution in [-0.2, 0) is 11.4 Å². The Bertz CT molecular complexity index is 656. The van der Waals surface area contributed by atoms with Gasteiger partial charge in [0.25, 0.3) is 11.1 Å². The predicted molar refractivity (Wildman–Crippen MR) is 89.3 cm³/mol. The fourth-order valence-corrected chi connectivity index (χ4v) is 3.16. The van der Waals surface area contributed by atoms with Gasteiger partial charge in [-0.1, -0.05) is 27.7 Å². The first-order valence-corrected chi connectivity index (χ1v) is 9.10. The monoisotopic (exact) mass is 397 g/mol. The molecule has 8 heteroatoms. The smallest absolute Gasteiger partial charge is 0.277 e. The Morgan fingerprint density at radius 3 is 2.74 bits per heavy atom. The second-order valence-electron chi connectivity index (χ2n) is 5.08. The molecule has 1 amide bonds. The Morgan fingerprint density at radius 1 is 1.26 bits per heavy atom. The van der Waals surface area contributed by atoms with E-state index in [4.69, 9.17) is 9.15 Å². The molecule has 23 heavy (non-hydrogen) atoms. The Morgan fingerprint density at radius 2 is 2.00 bits per heavy atom. The number of hydrogen-bond donors (Lipinski definition) is 0. The molecule has 0 radical (unpaired) electrons. The van der Waals surface area contributed by atoms with Crippen molar-refractivity contribution in [2.24, 2.45) is 0 Å². The first-order valence-electron chi connectivity index (χ1n) is 7.32. The number of benzene rings is 1. The zero-order chi connectivity index (χ0) is 16.1. The van der Waals surface area contributed by atoms with Crippen molar-refractivity contribution in [3.63, 3.8) is 0 Å². The summed E-state index contributed by atoms with van der Waals surface area (Å²) in [6.45, 7) is 1.92. The molecule has 0 unspecified atom stereocenters. The molecular formula is C15H16BrN3O3S. The average Bonchev–Trinajstić information content (AvgIpc) is 3.24. The highest BCUT2D eigenvalue weighted by atomic mass is 79.9. The van der Waals surface area contributed by atoms with Gasteiger partial charge in [0.05, 0.1) is 5.75 Å². The normalized spacial score (nSPS) is 14.2. The number of aromatic nitrogens is 2. The first-order chi connectivity index (χ1) is 11.2. The van der Waals surface area contributed by atoms with Crippen LogP contribution in [0.25, 0.3) is 0 Å². The minimum Gasteiger partial charge on any atom is -0.484 e. The van der Waals surface area contributed by atoms with Gasteiger partial charge in [0.1, 0.15) is 5.75 Å². The van der Waals surface area contributed by atoms with Crippen molar-refractivity contribution >= 4 is 33.6 Å². The number of halogens is 1. The summed E-state index contributed by atoms with van der Waals surface area (Å²) in [7, 11) is 0. The molecule has 0 N–H and O–H groups in total.